The lowest BCUT2D eigenvalue weighted by Crippen LogP contribution is -2.49. The van der Waals surface area contributed by atoms with Crippen molar-refractivity contribution in [2.45, 2.75) is 0 Å². The molecule has 0 N–H and O–H groups in total. The Kier molecular flexibility index (Phi) is 4.47. The summed E-state index contributed by atoms with van der Waals surface area (Å²) < 4.78 is 0. The minimum atomic E-state index is -0.479. The third-order valence-corrected chi connectivity index (χ3v) is 5.81. The van der Waals surface area contributed by atoms with Gasteiger partial charge in [0, 0.05) is 48.9 Å². The summed E-state index contributed by atoms with van der Waals surface area (Å²) in [6.07, 6.45) is 1.24. The molecule has 8 heteroatoms. The number of hydrogen-bond acceptors (Lipinski definition) is 6. The van der Waals surface area contributed by atoms with Crippen LogP contribution in [0.4, 0.5) is 11.5 Å². The highest BCUT2D eigenvalue weighted by molar-refractivity contribution is 6.22. The fourth-order valence-corrected chi connectivity index (χ4v) is 4.16. The monoisotopic (exact) mass is 414 g/mol. The van der Waals surface area contributed by atoms with Crippen molar-refractivity contribution in [3.8, 4) is 11.1 Å². The molecule has 0 atom stereocenters. The Bertz CT molecular complexity index is 1210. The van der Waals surface area contributed by atoms with Crippen LogP contribution in [-0.2, 0) is 0 Å². The number of piperazine rings is 1. The molecule has 1 aliphatic carbocycles. The lowest BCUT2D eigenvalue weighted by molar-refractivity contribution is -0.385. The minimum Gasteiger partial charge on any atom is -0.353 e. The zero-order chi connectivity index (χ0) is 21.5. The van der Waals surface area contributed by atoms with Crippen molar-refractivity contribution >= 4 is 23.2 Å². The molecule has 1 saturated heterocycles. The number of nitrogens with zero attached hydrogens (tertiary/aromatic N) is 4. The Labute approximate surface area is 177 Å². The Hall–Kier alpha value is -4.07. The number of fused-ring (bicyclic) bond motifs is 3. The standard InChI is InChI=1S/C23H18N4O4/c28-22-19-4-2-1-3-17(19)18-7-5-15(13-20(18)22)23(29)26-11-9-25(10-12-26)21-8-6-16(14-24-21)27(30)31/h1-8,13-14H,9-12H2. The average Bonchev–Trinajstić information content (AvgIpc) is 3.10. The van der Waals surface area contributed by atoms with Gasteiger partial charge in [-0.05, 0) is 29.3 Å². The van der Waals surface area contributed by atoms with Crippen LogP contribution in [-0.4, -0.2) is 52.7 Å². The number of carbonyl (C=O) groups is 2. The van der Waals surface area contributed by atoms with Crippen LogP contribution in [0.3, 0.4) is 0 Å². The van der Waals surface area contributed by atoms with Crippen LogP contribution < -0.4 is 4.90 Å². The molecule has 0 saturated carbocycles. The van der Waals surface area contributed by atoms with Gasteiger partial charge >= 0.3 is 0 Å². The average molecular weight is 414 g/mol. The van der Waals surface area contributed by atoms with Gasteiger partial charge < -0.3 is 9.80 Å². The molecule has 0 radical (unpaired) electrons. The molecule has 1 amide bonds. The van der Waals surface area contributed by atoms with Crippen LogP contribution in [0.2, 0.25) is 0 Å². The Balaban J connectivity index is 1.29. The second kappa shape index (κ2) is 7.32. The highest BCUT2D eigenvalue weighted by Gasteiger charge is 2.29. The molecule has 5 rings (SSSR count). The van der Waals surface area contributed by atoms with Gasteiger partial charge in [0.2, 0.25) is 0 Å². The summed E-state index contributed by atoms with van der Waals surface area (Å²) in [6, 6.07) is 15.9. The van der Waals surface area contributed by atoms with E-state index in [0.717, 1.165) is 11.1 Å². The number of ketones is 1. The van der Waals surface area contributed by atoms with Gasteiger partial charge in [0.15, 0.2) is 5.78 Å². The quantitative estimate of drug-likeness (QED) is 0.377. The fourth-order valence-electron chi connectivity index (χ4n) is 4.16. The Morgan fingerprint density at radius 3 is 2.29 bits per heavy atom. The number of hydrogen-bond donors (Lipinski definition) is 0. The molecule has 3 aromatic rings. The van der Waals surface area contributed by atoms with E-state index < -0.39 is 4.92 Å². The Morgan fingerprint density at radius 2 is 1.61 bits per heavy atom. The number of amides is 1. The van der Waals surface area contributed by atoms with Crippen molar-refractivity contribution < 1.29 is 14.5 Å². The first-order valence-electron chi connectivity index (χ1n) is 9.96. The van der Waals surface area contributed by atoms with Gasteiger partial charge in [-0.1, -0.05) is 30.3 Å². The van der Waals surface area contributed by atoms with Crippen LogP contribution in [0.1, 0.15) is 26.3 Å². The minimum absolute atomic E-state index is 0.0469. The molecule has 1 aliphatic heterocycles. The summed E-state index contributed by atoms with van der Waals surface area (Å²) in [6.45, 7) is 2.16. The van der Waals surface area contributed by atoms with E-state index in [4.69, 9.17) is 0 Å². The lowest BCUT2D eigenvalue weighted by atomic mass is 10.0. The molecule has 2 heterocycles. The number of rotatable bonds is 3. The molecule has 31 heavy (non-hydrogen) atoms. The molecular weight excluding hydrogens is 396 g/mol. The van der Waals surface area contributed by atoms with E-state index in [1.54, 1.807) is 23.1 Å². The van der Waals surface area contributed by atoms with E-state index in [0.29, 0.717) is 48.7 Å². The second-order valence-corrected chi connectivity index (χ2v) is 7.55. The third-order valence-electron chi connectivity index (χ3n) is 5.81. The summed E-state index contributed by atoms with van der Waals surface area (Å²) in [7, 11) is 0. The van der Waals surface area contributed by atoms with Crippen molar-refractivity contribution in [1.29, 1.82) is 0 Å². The van der Waals surface area contributed by atoms with Crippen molar-refractivity contribution in [2.24, 2.45) is 0 Å². The third kappa shape index (κ3) is 3.22. The smallest absolute Gasteiger partial charge is 0.287 e. The highest BCUT2D eigenvalue weighted by atomic mass is 16.6. The molecular formula is C23H18N4O4. The molecule has 0 bridgehead atoms. The summed E-state index contributed by atoms with van der Waals surface area (Å²) in [4.78, 5) is 44.0. The first-order valence-corrected chi connectivity index (χ1v) is 9.96. The van der Waals surface area contributed by atoms with Crippen LogP contribution >= 0.6 is 0 Å². The largest absolute Gasteiger partial charge is 0.353 e. The molecule has 2 aliphatic rings. The number of anilines is 1. The predicted octanol–water partition coefficient (Wildman–Crippen LogP) is 3.16. The fraction of sp³-hybridized carbons (Fsp3) is 0.174. The second-order valence-electron chi connectivity index (χ2n) is 7.55. The lowest BCUT2D eigenvalue weighted by Gasteiger charge is -2.35. The summed E-state index contributed by atoms with van der Waals surface area (Å²) in [5.41, 5.74) is 3.47. The topological polar surface area (TPSA) is 96.7 Å². The van der Waals surface area contributed by atoms with Gasteiger partial charge in [-0.3, -0.25) is 19.7 Å². The molecule has 0 spiro atoms. The zero-order valence-corrected chi connectivity index (χ0v) is 16.5. The molecule has 1 aromatic heterocycles. The van der Waals surface area contributed by atoms with Crippen molar-refractivity contribution in [2.75, 3.05) is 31.1 Å². The Morgan fingerprint density at radius 1 is 0.903 bits per heavy atom. The molecule has 2 aromatic carbocycles. The van der Waals surface area contributed by atoms with E-state index in [-0.39, 0.29) is 17.4 Å². The maximum atomic E-state index is 13.0. The first kappa shape index (κ1) is 18.9. The number of nitro groups is 1. The highest BCUT2D eigenvalue weighted by Crippen LogP contribution is 2.36. The maximum Gasteiger partial charge on any atom is 0.287 e. The van der Waals surface area contributed by atoms with E-state index in [9.17, 15) is 19.7 Å². The number of aromatic nitrogens is 1. The zero-order valence-electron chi connectivity index (χ0n) is 16.5. The van der Waals surface area contributed by atoms with E-state index in [1.807, 2.05) is 35.2 Å². The van der Waals surface area contributed by atoms with Gasteiger partial charge in [-0.25, -0.2) is 4.98 Å². The molecule has 0 unspecified atom stereocenters. The van der Waals surface area contributed by atoms with Gasteiger partial charge in [0.1, 0.15) is 12.0 Å². The van der Waals surface area contributed by atoms with Crippen LogP contribution in [0, 0.1) is 10.1 Å². The van der Waals surface area contributed by atoms with E-state index in [2.05, 4.69) is 4.98 Å². The van der Waals surface area contributed by atoms with Crippen molar-refractivity contribution in [3.63, 3.8) is 0 Å². The number of pyridine rings is 1. The van der Waals surface area contributed by atoms with E-state index >= 15 is 0 Å². The summed E-state index contributed by atoms with van der Waals surface area (Å²) in [5, 5.41) is 10.8. The summed E-state index contributed by atoms with van der Waals surface area (Å²) in [5.74, 6) is 0.496. The van der Waals surface area contributed by atoms with Crippen molar-refractivity contribution in [1.82, 2.24) is 9.88 Å². The molecule has 154 valence electrons. The summed E-state index contributed by atoms with van der Waals surface area (Å²) >= 11 is 0. The number of benzene rings is 2. The molecule has 1 fully saturated rings. The SMILES string of the molecule is O=C1c2ccccc2-c2ccc(C(=O)N3CCN(c4ccc([N+](=O)[O-])cn4)CC3)cc21. The van der Waals surface area contributed by atoms with Gasteiger partial charge in [-0.2, -0.15) is 0 Å². The van der Waals surface area contributed by atoms with Gasteiger partial charge in [0.25, 0.3) is 11.6 Å². The van der Waals surface area contributed by atoms with Gasteiger partial charge in [0.05, 0.1) is 4.92 Å². The van der Waals surface area contributed by atoms with Gasteiger partial charge in [-0.15, -0.1) is 0 Å². The van der Waals surface area contributed by atoms with Crippen LogP contribution in [0.5, 0.6) is 0 Å². The van der Waals surface area contributed by atoms with Crippen LogP contribution in [0.15, 0.2) is 60.8 Å². The predicted molar refractivity (Wildman–Crippen MR) is 114 cm³/mol. The first-order chi connectivity index (χ1) is 15.0. The number of carbonyl (C=O) groups excluding carboxylic acids is 2. The van der Waals surface area contributed by atoms with Crippen molar-refractivity contribution in [3.05, 3.63) is 87.6 Å². The van der Waals surface area contributed by atoms with Crippen LogP contribution in [0.25, 0.3) is 11.1 Å². The normalized spacial score (nSPS) is 14.9. The maximum absolute atomic E-state index is 13.0. The molecule has 8 nitrogen and oxygen atoms in total. The van der Waals surface area contributed by atoms with E-state index in [1.165, 1.54) is 12.3 Å².